The number of allylic oxidation sites excluding steroid dienone is 1. The van der Waals surface area contributed by atoms with Crippen molar-refractivity contribution in [1.29, 1.82) is 0 Å². The van der Waals surface area contributed by atoms with Crippen LogP contribution in [0.25, 0.3) is 0 Å². The summed E-state index contributed by atoms with van der Waals surface area (Å²) in [6, 6.07) is 13.8. The van der Waals surface area contributed by atoms with Gasteiger partial charge in [0.05, 0.1) is 12.4 Å². The number of phenolic OH excluding ortho intramolecular Hbond substituents is 2. The molecule has 0 aliphatic carbocycles. The number of para-hydroxylation sites is 2. The van der Waals surface area contributed by atoms with Crippen molar-refractivity contribution >= 4 is 12.4 Å². The average Bonchev–Trinajstić information content (AvgIpc) is 2.56. The second kappa shape index (κ2) is 8.38. The smallest absolute Gasteiger partial charge is 0.138 e. The molecule has 2 rings (SSSR count). The lowest BCUT2D eigenvalue weighted by molar-refractivity contribution is 0.474. The van der Waals surface area contributed by atoms with Crippen molar-refractivity contribution in [3.63, 3.8) is 0 Å². The van der Waals surface area contributed by atoms with Gasteiger partial charge in [0.25, 0.3) is 0 Å². The lowest BCUT2D eigenvalue weighted by Gasteiger charge is -2.08. The van der Waals surface area contributed by atoms with Gasteiger partial charge in [-0.25, -0.2) is 0 Å². The summed E-state index contributed by atoms with van der Waals surface area (Å²) in [5, 5.41) is 27.5. The van der Waals surface area contributed by atoms with E-state index in [9.17, 15) is 10.2 Å². The molecule has 6 heteroatoms. The van der Waals surface area contributed by atoms with Gasteiger partial charge in [0, 0.05) is 11.1 Å². The Labute approximate surface area is 140 Å². The minimum Gasteiger partial charge on any atom is -0.507 e. The molecule has 6 nitrogen and oxygen atoms in total. The first-order valence-electron chi connectivity index (χ1n) is 7.39. The summed E-state index contributed by atoms with van der Waals surface area (Å²) in [5.74, 6) is 0.924. The van der Waals surface area contributed by atoms with Crippen molar-refractivity contribution in [2.75, 3.05) is 0 Å². The predicted molar refractivity (Wildman–Crippen MR) is 96.0 cm³/mol. The van der Waals surface area contributed by atoms with E-state index < -0.39 is 0 Å². The van der Waals surface area contributed by atoms with Gasteiger partial charge < -0.3 is 10.2 Å². The number of hydrogen-bond acceptors (Lipinski definition) is 6. The van der Waals surface area contributed by atoms with Gasteiger partial charge in [0.2, 0.25) is 0 Å². The van der Waals surface area contributed by atoms with Gasteiger partial charge in [-0.2, -0.15) is 10.2 Å². The number of nitrogens with zero attached hydrogens (tertiary/aromatic N) is 2. The highest BCUT2D eigenvalue weighted by atomic mass is 16.3. The number of rotatable bonds is 6. The van der Waals surface area contributed by atoms with Gasteiger partial charge in [-0.3, -0.25) is 10.9 Å². The summed E-state index contributed by atoms with van der Waals surface area (Å²) in [6.45, 7) is 3.81. The van der Waals surface area contributed by atoms with Crippen LogP contribution in [0.2, 0.25) is 0 Å². The normalized spacial score (nSPS) is 10.9. The minimum absolute atomic E-state index is 0.160. The quantitative estimate of drug-likeness (QED) is 0.486. The summed E-state index contributed by atoms with van der Waals surface area (Å²) < 4.78 is 0. The third-order valence-electron chi connectivity index (χ3n) is 3.13. The highest BCUT2D eigenvalue weighted by Gasteiger charge is 1.98. The number of aromatic hydroxyl groups is 2. The maximum Gasteiger partial charge on any atom is 0.138 e. The van der Waals surface area contributed by atoms with Crippen LogP contribution < -0.4 is 10.9 Å². The van der Waals surface area contributed by atoms with Crippen LogP contribution in [0.1, 0.15) is 25.0 Å². The Morgan fingerprint density at radius 1 is 0.792 bits per heavy atom. The lowest BCUT2D eigenvalue weighted by atomic mass is 10.2. The van der Waals surface area contributed by atoms with E-state index in [1.807, 2.05) is 26.0 Å². The second-order valence-electron chi connectivity index (χ2n) is 5.23. The Bertz CT molecular complexity index is 719. The molecule has 0 aromatic heterocycles. The van der Waals surface area contributed by atoms with Crippen molar-refractivity contribution in [1.82, 2.24) is 10.9 Å². The van der Waals surface area contributed by atoms with Crippen molar-refractivity contribution < 1.29 is 10.2 Å². The molecule has 0 radical (unpaired) electrons. The van der Waals surface area contributed by atoms with E-state index in [1.165, 1.54) is 12.4 Å². The molecule has 124 valence electrons. The van der Waals surface area contributed by atoms with Crippen LogP contribution in [-0.4, -0.2) is 22.6 Å². The standard InChI is InChI=1S/C18H20N4O2/c1-13(2)18(21-19-11-14-7-3-5-9-16(14)23)22-20-12-15-8-4-6-10-17(15)24/h3-12,21-24H,1-2H3/b19-11+,20-12+. The molecule has 4 N–H and O–H groups in total. The third-order valence-corrected chi connectivity index (χ3v) is 3.13. The van der Waals surface area contributed by atoms with E-state index in [1.54, 1.807) is 36.4 Å². The molecule has 0 atom stereocenters. The van der Waals surface area contributed by atoms with Crippen LogP contribution >= 0.6 is 0 Å². The van der Waals surface area contributed by atoms with Gasteiger partial charge in [-0.1, -0.05) is 24.3 Å². The molecule has 0 aliphatic heterocycles. The Morgan fingerprint density at radius 3 is 1.58 bits per heavy atom. The molecular weight excluding hydrogens is 304 g/mol. The van der Waals surface area contributed by atoms with Crippen LogP contribution in [0.3, 0.4) is 0 Å². The number of hydrogen-bond donors (Lipinski definition) is 4. The van der Waals surface area contributed by atoms with Gasteiger partial charge >= 0.3 is 0 Å². The summed E-state index contributed by atoms with van der Waals surface area (Å²) in [4.78, 5) is 0. The summed E-state index contributed by atoms with van der Waals surface area (Å²) in [7, 11) is 0. The highest BCUT2D eigenvalue weighted by Crippen LogP contribution is 2.13. The van der Waals surface area contributed by atoms with Crippen LogP contribution in [0.15, 0.2) is 70.1 Å². The summed E-state index contributed by atoms with van der Waals surface area (Å²) >= 11 is 0. The zero-order valence-electron chi connectivity index (χ0n) is 13.6. The van der Waals surface area contributed by atoms with Crippen LogP contribution in [0.5, 0.6) is 11.5 Å². The van der Waals surface area contributed by atoms with Crippen LogP contribution in [0.4, 0.5) is 0 Å². The molecule has 24 heavy (non-hydrogen) atoms. The molecular formula is C18H20N4O2. The maximum absolute atomic E-state index is 9.68. The van der Waals surface area contributed by atoms with Crippen molar-refractivity contribution in [2.24, 2.45) is 10.2 Å². The van der Waals surface area contributed by atoms with E-state index in [2.05, 4.69) is 21.1 Å². The fourth-order valence-corrected chi connectivity index (χ4v) is 1.77. The Kier molecular flexibility index (Phi) is 5.96. The Morgan fingerprint density at radius 2 is 1.21 bits per heavy atom. The highest BCUT2D eigenvalue weighted by molar-refractivity contribution is 5.83. The van der Waals surface area contributed by atoms with Crippen molar-refractivity contribution in [2.45, 2.75) is 13.8 Å². The molecule has 0 saturated carbocycles. The molecule has 0 spiro atoms. The third kappa shape index (κ3) is 4.88. The SMILES string of the molecule is CC(C)=C(N/N=C/c1ccccc1O)N/N=C/c1ccccc1O. The second-order valence-corrected chi connectivity index (χ2v) is 5.23. The summed E-state index contributed by atoms with van der Waals surface area (Å²) in [5.41, 5.74) is 7.85. The molecule has 0 fully saturated rings. The molecule has 2 aromatic carbocycles. The zero-order chi connectivity index (χ0) is 17.4. The molecule has 0 unspecified atom stereocenters. The van der Waals surface area contributed by atoms with Crippen LogP contribution in [0, 0.1) is 0 Å². The minimum atomic E-state index is 0.160. The molecule has 0 saturated heterocycles. The van der Waals surface area contributed by atoms with E-state index in [0.717, 1.165) is 5.57 Å². The first-order chi connectivity index (χ1) is 11.6. The fourth-order valence-electron chi connectivity index (χ4n) is 1.77. The molecule has 0 aliphatic rings. The van der Waals surface area contributed by atoms with E-state index in [-0.39, 0.29) is 11.5 Å². The topological polar surface area (TPSA) is 89.2 Å². The van der Waals surface area contributed by atoms with Gasteiger partial charge in [-0.05, 0) is 43.7 Å². The molecule has 2 aromatic rings. The first-order valence-corrected chi connectivity index (χ1v) is 7.39. The fraction of sp³-hybridized carbons (Fsp3) is 0.111. The zero-order valence-corrected chi connectivity index (χ0v) is 13.6. The molecule has 0 amide bonds. The van der Waals surface area contributed by atoms with Gasteiger partial charge in [-0.15, -0.1) is 0 Å². The van der Waals surface area contributed by atoms with E-state index in [0.29, 0.717) is 16.9 Å². The van der Waals surface area contributed by atoms with Crippen molar-refractivity contribution in [3.05, 3.63) is 71.1 Å². The summed E-state index contributed by atoms with van der Waals surface area (Å²) in [6.07, 6.45) is 3.04. The number of phenols is 2. The largest absolute Gasteiger partial charge is 0.507 e. The number of nitrogens with one attached hydrogen (secondary N) is 2. The van der Waals surface area contributed by atoms with E-state index in [4.69, 9.17) is 0 Å². The van der Waals surface area contributed by atoms with E-state index >= 15 is 0 Å². The Hall–Kier alpha value is -3.28. The maximum atomic E-state index is 9.68. The van der Waals surface area contributed by atoms with Crippen molar-refractivity contribution in [3.8, 4) is 11.5 Å². The molecule has 0 heterocycles. The first kappa shape index (κ1) is 17.1. The van der Waals surface area contributed by atoms with Gasteiger partial charge in [0.1, 0.15) is 17.3 Å². The lowest BCUT2D eigenvalue weighted by Crippen LogP contribution is -2.20. The van der Waals surface area contributed by atoms with Gasteiger partial charge in [0.15, 0.2) is 0 Å². The number of hydrazone groups is 2. The number of benzene rings is 2. The molecule has 0 bridgehead atoms. The Balaban J connectivity index is 2.00. The predicted octanol–water partition coefficient (Wildman–Crippen LogP) is 2.90. The monoisotopic (exact) mass is 324 g/mol. The van der Waals surface area contributed by atoms with Crippen LogP contribution in [-0.2, 0) is 0 Å². The average molecular weight is 324 g/mol.